The third-order valence-corrected chi connectivity index (χ3v) is 2.87. The Morgan fingerprint density at radius 3 is 2.46 bits per heavy atom. The van der Waals surface area contributed by atoms with Gasteiger partial charge in [-0.1, -0.05) is 0 Å². The van der Waals surface area contributed by atoms with Gasteiger partial charge in [-0.05, 0) is 0 Å². The lowest BCUT2D eigenvalue weighted by atomic mass is 10.3. The zero-order valence-corrected chi connectivity index (χ0v) is 8.22. The molecule has 74 valence electrons. The predicted molar refractivity (Wildman–Crippen MR) is 47.2 cm³/mol. The van der Waals surface area contributed by atoms with Crippen LogP contribution in [0.3, 0.4) is 0 Å². The number of esters is 2. The summed E-state index contributed by atoms with van der Waals surface area (Å²) in [7, 11) is 2.64. The lowest BCUT2D eigenvalue weighted by Gasteiger charge is -2.09. The van der Waals surface area contributed by atoms with Crippen molar-refractivity contribution in [3.8, 4) is 0 Å². The molecule has 0 aromatic carbocycles. The van der Waals surface area contributed by atoms with Gasteiger partial charge in [-0.15, -0.1) is 11.8 Å². The molecule has 0 aliphatic carbocycles. The quantitative estimate of drug-likeness (QED) is 0.605. The molecule has 0 unspecified atom stereocenters. The van der Waals surface area contributed by atoms with E-state index in [0.29, 0.717) is 5.75 Å². The number of carbonyl (C=O) groups is 2. The zero-order valence-electron chi connectivity index (χ0n) is 7.40. The van der Waals surface area contributed by atoms with Gasteiger partial charge in [0.15, 0.2) is 5.37 Å². The highest BCUT2D eigenvalue weighted by Crippen LogP contribution is 2.20. The summed E-state index contributed by atoms with van der Waals surface area (Å²) >= 11 is 1.34. The molecule has 0 radical (unpaired) electrons. The Bertz CT molecular complexity index is 199. The van der Waals surface area contributed by atoms with E-state index in [9.17, 15) is 9.59 Å². The van der Waals surface area contributed by atoms with Crippen LogP contribution >= 0.6 is 11.8 Å². The largest absolute Gasteiger partial charge is 0.468 e. The van der Waals surface area contributed by atoms with E-state index in [1.165, 1.54) is 26.0 Å². The van der Waals surface area contributed by atoms with Crippen LogP contribution in [0.15, 0.2) is 0 Å². The number of hydrogen-bond acceptors (Lipinski definition) is 6. The van der Waals surface area contributed by atoms with Crippen molar-refractivity contribution in [3.63, 3.8) is 0 Å². The third kappa shape index (κ3) is 2.35. The van der Waals surface area contributed by atoms with Crippen molar-refractivity contribution in [3.05, 3.63) is 0 Å². The van der Waals surface area contributed by atoms with Gasteiger partial charge in [0.1, 0.15) is 6.04 Å². The molecular formula is C7H11NO4S. The molecule has 0 bridgehead atoms. The van der Waals surface area contributed by atoms with Crippen molar-refractivity contribution in [1.82, 2.24) is 5.32 Å². The molecule has 0 amide bonds. The molecule has 1 rings (SSSR count). The summed E-state index contributed by atoms with van der Waals surface area (Å²) in [6.45, 7) is 0. The van der Waals surface area contributed by atoms with E-state index in [1.54, 1.807) is 0 Å². The first-order chi connectivity index (χ1) is 6.19. The smallest absolute Gasteiger partial charge is 0.333 e. The molecule has 6 heteroatoms. The van der Waals surface area contributed by atoms with Crippen LogP contribution < -0.4 is 5.32 Å². The molecule has 1 heterocycles. The topological polar surface area (TPSA) is 64.6 Å². The molecule has 5 nitrogen and oxygen atoms in total. The summed E-state index contributed by atoms with van der Waals surface area (Å²) in [4.78, 5) is 22.0. The fourth-order valence-corrected chi connectivity index (χ4v) is 2.10. The average Bonchev–Trinajstić information content (AvgIpc) is 2.64. The standard InChI is InChI=1S/C7H11NO4S/c1-11-6(9)4-3-13-5(8-4)7(10)12-2/h4-5,8H,3H2,1-2H3/t4-,5+/m0/s1. The van der Waals surface area contributed by atoms with E-state index in [-0.39, 0.29) is 11.9 Å². The van der Waals surface area contributed by atoms with Crippen LogP contribution in [0.5, 0.6) is 0 Å². The highest BCUT2D eigenvalue weighted by molar-refractivity contribution is 8.00. The zero-order chi connectivity index (χ0) is 9.84. The third-order valence-electron chi connectivity index (χ3n) is 1.68. The number of thioether (sulfide) groups is 1. The van der Waals surface area contributed by atoms with Crippen LogP contribution in [-0.4, -0.2) is 43.3 Å². The SMILES string of the molecule is COC(=O)[C@@H]1CS[C@H](C(=O)OC)N1. The Labute approximate surface area is 80.1 Å². The monoisotopic (exact) mass is 205 g/mol. The molecule has 0 spiro atoms. The summed E-state index contributed by atoms with van der Waals surface area (Å²) in [5, 5.41) is 2.36. The molecule has 1 fully saturated rings. The summed E-state index contributed by atoms with van der Waals surface area (Å²) in [6, 6.07) is -0.404. The molecule has 1 aliphatic rings. The summed E-state index contributed by atoms with van der Waals surface area (Å²) in [5.74, 6) is -0.179. The molecule has 13 heavy (non-hydrogen) atoms. The summed E-state index contributed by atoms with van der Waals surface area (Å²) in [5.41, 5.74) is 0. The van der Waals surface area contributed by atoms with Gasteiger partial charge in [-0.2, -0.15) is 0 Å². The fourth-order valence-electron chi connectivity index (χ4n) is 0.993. The minimum Gasteiger partial charge on any atom is -0.468 e. The first kappa shape index (κ1) is 10.3. The van der Waals surface area contributed by atoms with E-state index >= 15 is 0 Å². The van der Waals surface area contributed by atoms with Gasteiger partial charge in [0.05, 0.1) is 14.2 Å². The van der Waals surface area contributed by atoms with Crippen molar-refractivity contribution < 1.29 is 19.1 Å². The molecular weight excluding hydrogens is 194 g/mol. The maximum atomic E-state index is 11.0. The Morgan fingerprint density at radius 2 is 1.92 bits per heavy atom. The van der Waals surface area contributed by atoms with E-state index in [1.807, 2.05) is 0 Å². The second-order valence-electron chi connectivity index (χ2n) is 2.48. The van der Waals surface area contributed by atoms with E-state index in [2.05, 4.69) is 14.8 Å². The van der Waals surface area contributed by atoms with Crippen LogP contribution in [-0.2, 0) is 19.1 Å². The average molecular weight is 205 g/mol. The van der Waals surface area contributed by atoms with Crippen LogP contribution in [0.25, 0.3) is 0 Å². The lowest BCUT2D eigenvalue weighted by molar-refractivity contribution is -0.143. The van der Waals surface area contributed by atoms with Crippen LogP contribution in [0.2, 0.25) is 0 Å². The van der Waals surface area contributed by atoms with Crippen molar-refractivity contribution in [2.24, 2.45) is 0 Å². The molecule has 1 saturated heterocycles. The van der Waals surface area contributed by atoms with E-state index in [4.69, 9.17) is 0 Å². The van der Waals surface area contributed by atoms with Crippen molar-refractivity contribution >= 4 is 23.7 Å². The van der Waals surface area contributed by atoms with Gasteiger partial charge < -0.3 is 9.47 Å². The Balaban J connectivity index is 2.44. The lowest BCUT2D eigenvalue weighted by Crippen LogP contribution is -2.40. The maximum absolute atomic E-state index is 11.0. The highest BCUT2D eigenvalue weighted by Gasteiger charge is 2.34. The van der Waals surface area contributed by atoms with Gasteiger partial charge in [0, 0.05) is 5.75 Å². The van der Waals surface area contributed by atoms with Gasteiger partial charge in [-0.25, -0.2) is 4.79 Å². The number of nitrogens with one attached hydrogen (secondary N) is 1. The van der Waals surface area contributed by atoms with Gasteiger partial charge in [0.2, 0.25) is 0 Å². The minimum absolute atomic E-state index is 0.348. The molecule has 0 aromatic rings. The molecule has 0 aromatic heterocycles. The van der Waals surface area contributed by atoms with E-state index in [0.717, 1.165) is 0 Å². The maximum Gasteiger partial charge on any atom is 0.333 e. The Kier molecular flexibility index (Phi) is 3.56. The summed E-state index contributed by atoms with van der Waals surface area (Å²) in [6.07, 6.45) is 0. The number of ether oxygens (including phenoxy) is 2. The number of rotatable bonds is 2. The van der Waals surface area contributed by atoms with Crippen LogP contribution in [0, 0.1) is 0 Å². The second kappa shape index (κ2) is 4.48. The van der Waals surface area contributed by atoms with Crippen molar-refractivity contribution in [1.29, 1.82) is 0 Å². The molecule has 1 aliphatic heterocycles. The molecule has 2 atom stereocenters. The Morgan fingerprint density at radius 1 is 1.31 bits per heavy atom. The number of hydrogen-bond donors (Lipinski definition) is 1. The van der Waals surface area contributed by atoms with E-state index < -0.39 is 11.4 Å². The highest BCUT2D eigenvalue weighted by atomic mass is 32.2. The van der Waals surface area contributed by atoms with Crippen LogP contribution in [0.1, 0.15) is 0 Å². The van der Waals surface area contributed by atoms with Gasteiger partial charge in [0.25, 0.3) is 0 Å². The first-order valence-electron chi connectivity index (χ1n) is 3.72. The normalized spacial score (nSPS) is 26.9. The number of carbonyl (C=O) groups excluding carboxylic acids is 2. The number of methoxy groups -OCH3 is 2. The second-order valence-corrected chi connectivity index (χ2v) is 3.62. The van der Waals surface area contributed by atoms with Gasteiger partial charge >= 0.3 is 11.9 Å². The molecule has 1 N–H and O–H groups in total. The van der Waals surface area contributed by atoms with Crippen molar-refractivity contribution in [2.45, 2.75) is 11.4 Å². The minimum atomic E-state index is -0.450. The van der Waals surface area contributed by atoms with Crippen molar-refractivity contribution in [2.75, 3.05) is 20.0 Å². The first-order valence-corrected chi connectivity index (χ1v) is 4.77. The summed E-state index contributed by atoms with van der Waals surface area (Å²) < 4.78 is 9.05. The fraction of sp³-hybridized carbons (Fsp3) is 0.714. The predicted octanol–water partition coefficient (Wildman–Crippen LogP) is -0.637. The van der Waals surface area contributed by atoms with Gasteiger partial charge in [-0.3, -0.25) is 10.1 Å². The Hall–Kier alpha value is -0.750. The van der Waals surface area contributed by atoms with Crippen LogP contribution in [0.4, 0.5) is 0 Å². The molecule has 0 saturated carbocycles.